The van der Waals surface area contributed by atoms with Gasteiger partial charge < -0.3 is 25.5 Å². The first-order valence-corrected chi connectivity index (χ1v) is 12.7. The fourth-order valence-corrected chi connectivity index (χ4v) is 4.41. The normalized spacial score (nSPS) is 15.5. The van der Waals surface area contributed by atoms with Crippen molar-refractivity contribution >= 4 is 23.4 Å². The van der Waals surface area contributed by atoms with E-state index < -0.39 is 29.0 Å². The molecule has 0 aliphatic carbocycles. The SMILES string of the molecule is NC(=O)c1nc(-c2c(F)cccc2F)oc1Nc1ccc(C(=O)NCC2CN(Cc3ccccc3)CCO2)cc1. The first kappa shape index (κ1) is 27.0. The van der Waals surface area contributed by atoms with Gasteiger partial charge in [0, 0.05) is 37.4 Å². The molecule has 3 aromatic carbocycles. The molecule has 206 valence electrons. The quantitative estimate of drug-likeness (QED) is 0.288. The molecular weight excluding hydrogens is 520 g/mol. The number of nitrogens with zero attached hydrogens (tertiary/aromatic N) is 2. The van der Waals surface area contributed by atoms with Gasteiger partial charge in [-0.05, 0) is 42.0 Å². The number of carbonyl (C=O) groups excluding carboxylic acids is 2. The molecule has 2 amide bonds. The molecule has 4 N–H and O–H groups in total. The number of hydrogen-bond acceptors (Lipinski definition) is 7. The van der Waals surface area contributed by atoms with E-state index in [2.05, 4.69) is 32.7 Å². The van der Waals surface area contributed by atoms with Crippen molar-refractivity contribution in [2.24, 2.45) is 5.73 Å². The van der Waals surface area contributed by atoms with E-state index in [1.807, 2.05) is 18.2 Å². The van der Waals surface area contributed by atoms with Gasteiger partial charge in [-0.1, -0.05) is 36.4 Å². The summed E-state index contributed by atoms with van der Waals surface area (Å²) in [4.78, 5) is 30.8. The van der Waals surface area contributed by atoms with Crippen molar-refractivity contribution < 1.29 is 27.5 Å². The second-order valence-electron chi connectivity index (χ2n) is 9.28. The fourth-order valence-electron chi connectivity index (χ4n) is 4.41. The Labute approximate surface area is 228 Å². The molecule has 1 aliphatic rings. The van der Waals surface area contributed by atoms with Crippen LogP contribution >= 0.6 is 0 Å². The molecule has 5 rings (SSSR count). The van der Waals surface area contributed by atoms with Crippen LogP contribution in [0.5, 0.6) is 0 Å². The highest BCUT2D eigenvalue weighted by Gasteiger charge is 2.24. The largest absolute Gasteiger partial charge is 0.419 e. The van der Waals surface area contributed by atoms with Gasteiger partial charge in [0.1, 0.15) is 17.2 Å². The molecule has 11 heteroatoms. The number of nitrogens with one attached hydrogen (secondary N) is 2. The maximum absolute atomic E-state index is 14.2. The van der Waals surface area contributed by atoms with Crippen LogP contribution in [0.25, 0.3) is 11.5 Å². The summed E-state index contributed by atoms with van der Waals surface area (Å²) in [5, 5.41) is 5.73. The Morgan fingerprint density at radius 1 is 1.00 bits per heavy atom. The number of carbonyl (C=O) groups is 2. The number of benzene rings is 3. The predicted molar refractivity (Wildman–Crippen MR) is 144 cm³/mol. The van der Waals surface area contributed by atoms with E-state index in [0.717, 1.165) is 25.2 Å². The van der Waals surface area contributed by atoms with Gasteiger partial charge in [0.2, 0.25) is 11.8 Å². The van der Waals surface area contributed by atoms with Crippen LogP contribution in [0.3, 0.4) is 0 Å². The lowest BCUT2D eigenvalue weighted by atomic mass is 10.1. The molecule has 1 fully saturated rings. The van der Waals surface area contributed by atoms with Gasteiger partial charge >= 0.3 is 0 Å². The lowest BCUT2D eigenvalue weighted by Gasteiger charge is -2.33. The van der Waals surface area contributed by atoms with Crippen molar-refractivity contribution in [1.82, 2.24) is 15.2 Å². The maximum Gasteiger partial charge on any atom is 0.273 e. The van der Waals surface area contributed by atoms with Crippen LogP contribution in [0.4, 0.5) is 20.4 Å². The first-order chi connectivity index (χ1) is 19.4. The van der Waals surface area contributed by atoms with Gasteiger partial charge in [-0.3, -0.25) is 14.5 Å². The number of nitrogens with two attached hydrogens (primary N) is 1. The summed E-state index contributed by atoms with van der Waals surface area (Å²) in [6.07, 6.45) is -0.130. The zero-order chi connectivity index (χ0) is 28.1. The topological polar surface area (TPSA) is 123 Å². The monoisotopic (exact) mass is 547 g/mol. The van der Waals surface area contributed by atoms with E-state index >= 15 is 0 Å². The van der Waals surface area contributed by atoms with Gasteiger partial charge in [-0.2, -0.15) is 0 Å². The van der Waals surface area contributed by atoms with Crippen LogP contribution in [0.15, 0.2) is 77.2 Å². The summed E-state index contributed by atoms with van der Waals surface area (Å²) in [6, 6.07) is 19.8. The summed E-state index contributed by atoms with van der Waals surface area (Å²) in [5.74, 6) is -3.64. The van der Waals surface area contributed by atoms with E-state index in [4.69, 9.17) is 14.9 Å². The number of anilines is 2. The maximum atomic E-state index is 14.2. The number of hydrogen-bond donors (Lipinski definition) is 3. The molecule has 0 radical (unpaired) electrons. The third-order valence-corrected chi connectivity index (χ3v) is 6.40. The van der Waals surface area contributed by atoms with E-state index in [1.54, 1.807) is 24.3 Å². The average molecular weight is 548 g/mol. The Hall–Kier alpha value is -4.61. The van der Waals surface area contributed by atoms with Crippen molar-refractivity contribution in [3.8, 4) is 11.5 Å². The number of primary amides is 1. The van der Waals surface area contributed by atoms with Crippen LogP contribution in [-0.4, -0.2) is 54.0 Å². The minimum absolute atomic E-state index is 0.130. The third-order valence-electron chi connectivity index (χ3n) is 6.40. The number of rotatable bonds is 9. The van der Waals surface area contributed by atoms with Gasteiger partial charge in [0.25, 0.3) is 11.8 Å². The molecule has 2 heterocycles. The Balaban J connectivity index is 1.19. The molecule has 1 saturated heterocycles. The van der Waals surface area contributed by atoms with Crippen molar-refractivity contribution in [2.45, 2.75) is 12.6 Å². The van der Waals surface area contributed by atoms with Crippen molar-refractivity contribution in [3.63, 3.8) is 0 Å². The Kier molecular flexibility index (Phi) is 8.13. The van der Waals surface area contributed by atoms with Crippen LogP contribution in [0.2, 0.25) is 0 Å². The van der Waals surface area contributed by atoms with Crippen LogP contribution < -0.4 is 16.4 Å². The van der Waals surface area contributed by atoms with E-state index in [9.17, 15) is 18.4 Å². The second-order valence-corrected chi connectivity index (χ2v) is 9.28. The second kappa shape index (κ2) is 12.1. The third kappa shape index (κ3) is 6.33. The number of amides is 2. The molecule has 1 aliphatic heterocycles. The molecule has 1 unspecified atom stereocenters. The highest BCUT2D eigenvalue weighted by Crippen LogP contribution is 2.31. The summed E-state index contributed by atoms with van der Waals surface area (Å²) in [5.41, 5.74) is 6.61. The van der Waals surface area contributed by atoms with Crippen molar-refractivity contribution in [2.75, 3.05) is 31.6 Å². The van der Waals surface area contributed by atoms with Gasteiger partial charge in [-0.15, -0.1) is 0 Å². The number of morpholine rings is 1. The lowest BCUT2D eigenvalue weighted by molar-refractivity contribution is -0.0292. The molecule has 40 heavy (non-hydrogen) atoms. The van der Waals surface area contributed by atoms with Crippen LogP contribution in [-0.2, 0) is 11.3 Å². The van der Waals surface area contributed by atoms with Gasteiger partial charge in [0.05, 0.1) is 12.7 Å². The Morgan fingerprint density at radius 2 is 1.73 bits per heavy atom. The molecule has 1 aromatic heterocycles. The first-order valence-electron chi connectivity index (χ1n) is 12.7. The summed E-state index contributed by atoms with van der Waals surface area (Å²) < 4.78 is 39.7. The fraction of sp³-hybridized carbons (Fsp3) is 0.207. The predicted octanol–water partition coefficient (Wildman–Crippen LogP) is 4.09. The Bertz CT molecular complexity index is 1470. The van der Waals surface area contributed by atoms with Crippen LogP contribution in [0.1, 0.15) is 26.4 Å². The zero-order valence-corrected chi connectivity index (χ0v) is 21.4. The van der Waals surface area contributed by atoms with Gasteiger partial charge in [0.15, 0.2) is 5.69 Å². The minimum Gasteiger partial charge on any atom is -0.419 e. The highest BCUT2D eigenvalue weighted by atomic mass is 19.1. The molecule has 0 bridgehead atoms. The molecule has 9 nitrogen and oxygen atoms in total. The minimum atomic E-state index is -0.947. The summed E-state index contributed by atoms with van der Waals surface area (Å²) >= 11 is 0. The van der Waals surface area contributed by atoms with Crippen molar-refractivity contribution in [1.29, 1.82) is 0 Å². The van der Waals surface area contributed by atoms with Gasteiger partial charge in [-0.25, -0.2) is 13.8 Å². The average Bonchev–Trinajstić information content (AvgIpc) is 3.36. The smallest absolute Gasteiger partial charge is 0.273 e. The molecule has 1 atom stereocenters. The van der Waals surface area contributed by atoms with Crippen LogP contribution in [0, 0.1) is 11.6 Å². The molecule has 0 spiro atoms. The van der Waals surface area contributed by atoms with E-state index in [0.29, 0.717) is 30.9 Å². The van der Waals surface area contributed by atoms with Crippen molar-refractivity contribution in [3.05, 3.63) is 101 Å². The summed E-state index contributed by atoms with van der Waals surface area (Å²) in [7, 11) is 0. The van der Waals surface area contributed by atoms with E-state index in [-0.39, 0.29) is 23.6 Å². The molecular formula is C29H27F2N5O4. The number of aromatic nitrogens is 1. The number of oxazole rings is 1. The lowest BCUT2D eigenvalue weighted by Crippen LogP contribution is -2.47. The zero-order valence-electron chi connectivity index (χ0n) is 21.4. The molecule has 4 aromatic rings. The Morgan fingerprint density at radius 3 is 2.42 bits per heavy atom. The standard InChI is InChI=1S/C29H27F2N5O4/c30-22-7-4-8-23(31)24(22)28-35-25(26(32)37)29(40-28)34-20-11-9-19(10-12-20)27(38)33-15-21-17-36(13-14-39-21)16-18-5-2-1-3-6-18/h1-12,21,34H,13-17H2,(H2,32,37)(H,33,38). The van der Waals surface area contributed by atoms with E-state index in [1.165, 1.54) is 11.6 Å². The number of ether oxygens (including phenoxy) is 1. The molecule has 0 saturated carbocycles. The summed E-state index contributed by atoms with van der Waals surface area (Å²) in [6.45, 7) is 3.30. The highest BCUT2D eigenvalue weighted by molar-refractivity contribution is 5.97. The number of halogens is 2.